The lowest BCUT2D eigenvalue weighted by Crippen LogP contribution is -2.60. The third kappa shape index (κ3) is 6.65. The minimum Gasteiger partial charge on any atom is -0.497 e. The van der Waals surface area contributed by atoms with Crippen molar-refractivity contribution in [2.75, 3.05) is 63.1 Å². The first-order valence-corrected chi connectivity index (χ1v) is 12.4. The Labute approximate surface area is 216 Å². The van der Waals surface area contributed by atoms with Gasteiger partial charge < -0.3 is 25.2 Å². The molecule has 0 aliphatic carbocycles. The molecule has 2 heterocycles. The number of ketones is 1. The lowest BCUT2D eigenvalue weighted by Gasteiger charge is -2.39. The molecule has 0 bridgehead atoms. The Balaban J connectivity index is 1.31. The Morgan fingerprint density at radius 3 is 2.27 bits per heavy atom. The molecule has 0 saturated carbocycles. The van der Waals surface area contributed by atoms with Gasteiger partial charge in [0.15, 0.2) is 5.78 Å². The number of Topliss-reactive ketones (excluding diaryl/α,β-unsaturated/α-hetero) is 1. The normalized spacial score (nSPS) is 18.2. The van der Waals surface area contributed by atoms with Crippen molar-refractivity contribution in [3.05, 3.63) is 54.1 Å². The number of rotatable bonds is 8. The summed E-state index contributed by atoms with van der Waals surface area (Å²) in [5.41, 5.74) is 2.19. The van der Waals surface area contributed by atoms with Crippen molar-refractivity contribution in [3.8, 4) is 5.75 Å². The van der Waals surface area contributed by atoms with Crippen LogP contribution in [0.3, 0.4) is 0 Å². The highest BCUT2D eigenvalue weighted by atomic mass is 16.5. The van der Waals surface area contributed by atoms with Crippen molar-refractivity contribution in [2.45, 2.75) is 19.4 Å². The van der Waals surface area contributed by atoms with Crippen molar-refractivity contribution in [2.24, 2.45) is 0 Å². The Hall–Kier alpha value is -3.92. The number of nitrogens with zero attached hydrogens (tertiary/aromatic N) is 3. The molecule has 2 aromatic rings. The molecule has 37 heavy (non-hydrogen) atoms. The number of carbonyl (C=O) groups excluding carboxylic acids is 4. The highest BCUT2D eigenvalue weighted by molar-refractivity contribution is 5.98. The fourth-order valence-electron chi connectivity index (χ4n) is 4.63. The van der Waals surface area contributed by atoms with Crippen LogP contribution in [0.25, 0.3) is 0 Å². The van der Waals surface area contributed by atoms with Gasteiger partial charge in [-0.2, -0.15) is 0 Å². The number of hydrogen-bond acceptors (Lipinski definition) is 7. The standard InChI is InChI=1S/C27H33N5O5/c1-19(33)20-3-5-21(6-4-20)29-25(34)17-24-27(36)28-11-12-32(24)26(35)18-30-13-15-31(16-14-30)22-7-9-23(37-2)10-8-22/h3-10,24H,11-18H2,1-2H3,(H,28,36)(H,29,34)/t24-/m1/s1. The maximum Gasteiger partial charge on any atom is 0.243 e. The van der Waals surface area contributed by atoms with E-state index >= 15 is 0 Å². The topological polar surface area (TPSA) is 111 Å². The summed E-state index contributed by atoms with van der Waals surface area (Å²) < 4.78 is 5.22. The molecule has 10 heteroatoms. The van der Waals surface area contributed by atoms with Crippen LogP contribution >= 0.6 is 0 Å². The molecule has 2 aliphatic rings. The molecular formula is C27H33N5O5. The molecule has 3 amide bonds. The van der Waals surface area contributed by atoms with Crippen LogP contribution in [0.5, 0.6) is 5.75 Å². The highest BCUT2D eigenvalue weighted by Gasteiger charge is 2.35. The van der Waals surface area contributed by atoms with E-state index in [2.05, 4.69) is 20.4 Å². The van der Waals surface area contributed by atoms with Crippen LogP contribution in [0, 0.1) is 0 Å². The molecule has 10 nitrogen and oxygen atoms in total. The van der Waals surface area contributed by atoms with Gasteiger partial charge in [0, 0.05) is 56.2 Å². The maximum absolute atomic E-state index is 13.2. The molecular weight excluding hydrogens is 474 g/mol. The Morgan fingerprint density at radius 2 is 1.65 bits per heavy atom. The summed E-state index contributed by atoms with van der Waals surface area (Å²) in [4.78, 5) is 55.8. The predicted octanol–water partition coefficient (Wildman–Crippen LogP) is 1.38. The summed E-state index contributed by atoms with van der Waals surface area (Å²) in [6.45, 7) is 5.42. The van der Waals surface area contributed by atoms with Gasteiger partial charge in [0.1, 0.15) is 11.8 Å². The van der Waals surface area contributed by atoms with E-state index in [9.17, 15) is 19.2 Å². The first-order chi connectivity index (χ1) is 17.8. The summed E-state index contributed by atoms with van der Waals surface area (Å²) >= 11 is 0. The molecule has 2 fully saturated rings. The molecule has 0 unspecified atom stereocenters. The highest BCUT2D eigenvalue weighted by Crippen LogP contribution is 2.21. The lowest BCUT2D eigenvalue weighted by molar-refractivity contribution is -0.145. The number of anilines is 2. The fourth-order valence-corrected chi connectivity index (χ4v) is 4.63. The minimum absolute atomic E-state index is 0.0620. The molecule has 4 rings (SSSR count). The van der Waals surface area contributed by atoms with Crippen LogP contribution in [0.2, 0.25) is 0 Å². The largest absolute Gasteiger partial charge is 0.497 e. The Kier molecular flexibility index (Phi) is 8.39. The van der Waals surface area contributed by atoms with Gasteiger partial charge in [-0.3, -0.25) is 24.1 Å². The molecule has 2 aliphatic heterocycles. The maximum atomic E-state index is 13.2. The van der Waals surface area contributed by atoms with Gasteiger partial charge in [0.05, 0.1) is 20.1 Å². The van der Waals surface area contributed by atoms with Gasteiger partial charge in [-0.25, -0.2) is 0 Å². The number of amides is 3. The van der Waals surface area contributed by atoms with Crippen LogP contribution in [-0.2, 0) is 14.4 Å². The molecule has 196 valence electrons. The van der Waals surface area contributed by atoms with Crippen molar-refractivity contribution in [1.82, 2.24) is 15.1 Å². The second-order valence-corrected chi connectivity index (χ2v) is 9.24. The number of piperazine rings is 2. The van der Waals surface area contributed by atoms with Gasteiger partial charge in [0.25, 0.3) is 0 Å². The SMILES string of the molecule is COc1ccc(N2CCN(CC(=O)N3CCNC(=O)[C@H]3CC(=O)Nc3ccc(C(C)=O)cc3)CC2)cc1. The number of carbonyl (C=O) groups is 4. The van der Waals surface area contributed by atoms with Gasteiger partial charge in [-0.05, 0) is 55.5 Å². The zero-order valence-electron chi connectivity index (χ0n) is 21.2. The Bertz CT molecular complexity index is 1130. The summed E-state index contributed by atoms with van der Waals surface area (Å²) in [5, 5.41) is 5.51. The van der Waals surface area contributed by atoms with E-state index in [0.717, 1.165) is 37.6 Å². The summed E-state index contributed by atoms with van der Waals surface area (Å²) in [5.74, 6) is -0.105. The lowest BCUT2D eigenvalue weighted by atomic mass is 10.1. The first-order valence-electron chi connectivity index (χ1n) is 12.4. The van der Waals surface area contributed by atoms with Crippen LogP contribution in [-0.4, -0.2) is 92.3 Å². The van der Waals surface area contributed by atoms with Crippen molar-refractivity contribution >= 4 is 34.9 Å². The van der Waals surface area contributed by atoms with Crippen LogP contribution in [0.4, 0.5) is 11.4 Å². The number of ether oxygens (including phenoxy) is 1. The Morgan fingerprint density at radius 1 is 0.973 bits per heavy atom. The van der Waals surface area contributed by atoms with Gasteiger partial charge in [0.2, 0.25) is 17.7 Å². The molecule has 0 aromatic heterocycles. The second-order valence-electron chi connectivity index (χ2n) is 9.24. The molecule has 2 N–H and O–H groups in total. The average Bonchev–Trinajstić information content (AvgIpc) is 2.90. The summed E-state index contributed by atoms with van der Waals surface area (Å²) in [6, 6.07) is 13.6. The van der Waals surface area contributed by atoms with E-state index in [-0.39, 0.29) is 36.5 Å². The fraction of sp³-hybridized carbons (Fsp3) is 0.407. The third-order valence-electron chi connectivity index (χ3n) is 6.77. The molecule has 0 radical (unpaired) electrons. The van der Waals surface area contributed by atoms with E-state index in [1.54, 1.807) is 31.4 Å². The van der Waals surface area contributed by atoms with Crippen LogP contribution < -0.4 is 20.3 Å². The molecule has 2 aromatic carbocycles. The molecule has 0 spiro atoms. The molecule has 2 saturated heterocycles. The average molecular weight is 508 g/mol. The zero-order valence-corrected chi connectivity index (χ0v) is 21.2. The quantitative estimate of drug-likeness (QED) is 0.519. The van der Waals surface area contributed by atoms with Crippen molar-refractivity contribution in [1.29, 1.82) is 0 Å². The van der Waals surface area contributed by atoms with Crippen LogP contribution in [0.15, 0.2) is 48.5 Å². The van der Waals surface area contributed by atoms with E-state index in [4.69, 9.17) is 4.74 Å². The van der Waals surface area contributed by atoms with Gasteiger partial charge in [-0.15, -0.1) is 0 Å². The van der Waals surface area contributed by atoms with Crippen molar-refractivity contribution < 1.29 is 23.9 Å². The van der Waals surface area contributed by atoms with Crippen LogP contribution in [0.1, 0.15) is 23.7 Å². The zero-order chi connectivity index (χ0) is 26.4. The summed E-state index contributed by atoms with van der Waals surface area (Å²) in [7, 11) is 1.64. The van der Waals surface area contributed by atoms with E-state index < -0.39 is 6.04 Å². The number of methoxy groups -OCH3 is 1. The van der Waals surface area contributed by atoms with Gasteiger partial charge in [-0.1, -0.05) is 0 Å². The number of benzene rings is 2. The number of hydrogen-bond donors (Lipinski definition) is 2. The second kappa shape index (κ2) is 11.9. The molecule has 1 atom stereocenters. The first kappa shape index (κ1) is 26.2. The monoisotopic (exact) mass is 507 g/mol. The van der Waals surface area contributed by atoms with Gasteiger partial charge >= 0.3 is 0 Å². The predicted molar refractivity (Wildman–Crippen MR) is 140 cm³/mol. The summed E-state index contributed by atoms with van der Waals surface area (Å²) in [6.07, 6.45) is -0.142. The smallest absolute Gasteiger partial charge is 0.243 e. The third-order valence-corrected chi connectivity index (χ3v) is 6.77. The van der Waals surface area contributed by atoms with E-state index in [0.29, 0.717) is 24.3 Å². The van der Waals surface area contributed by atoms with E-state index in [1.165, 1.54) is 11.8 Å². The van der Waals surface area contributed by atoms with E-state index in [1.807, 2.05) is 24.3 Å². The van der Waals surface area contributed by atoms with Crippen molar-refractivity contribution in [3.63, 3.8) is 0 Å². The minimum atomic E-state index is -0.863. The number of nitrogens with one attached hydrogen (secondary N) is 2.